The molecule has 0 saturated heterocycles. The van der Waals surface area contributed by atoms with Gasteiger partial charge in [-0.3, -0.25) is 0 Å². The van der Waals surface area contributed by atoms with E-state index in [1.54, 1.807) is 7.11 Å². The maximum atomic E-state index is 5.20. The van der Waals surface area contributed by atoms with Crippen LogP contribution in [0.4, 0.5) is 0 Å². The predicted octanol–water partition coefficient (Wildman–Crippen LogP) is 3.86. The van der Waals surface area contributed by atoms with Gasteiger partial charge in [0.2, 0.25) is 0 Å². The van der Waals surface area contributed by atoms with E-state index in [0.717, 1.165) is 23.3 Å². The second-order valence-corrected chi connectivity index (χ2v) is 4.92. The summed E-state index contributed by atoms with van der Waals surface area (Å²) in [5, 5.41) is 3.39. The van der Waals surface area contributed by atoms with Crippen molar-refractivity contribution in [2.24, 2.45) is 0 Å². The third kappa shape index (κ3) is 4.92. The van der Waals surface area contributed by atoms with Gasteiger partial charge in [0.1, 0.15) is 5.75 Å². The fraction of sp³-hybridized carbons (Fsp3) is 0.429. The fourth-order valence-corrected chi connectivity index (χ4v) is 2.13. The summed E-state index contributed by atoms with van der Waals surface area (Å²) >= 11 is 3.49. The Bertz CT molecular complexity index is 388. The van der Waals surface area contributed by atoms with Crippen LogP contribution in [0.1, 0.15) is 25.8 Å². The quantitative estimate of drug-likeness (QED) is 0.805. The van der Waals surface area contributed by atoms with Crippen molar-refractivity contribution < 1.29 is 4.74 Å². The number of hydrogen-bond acceptors (Lipinski definition) is 2. The Balaban J connectivity index is 2.66. The fourth-order valence-electron chi connectivity index (χ4n) is 1.57. The molecule has 1 aromatic rings. The summed E-state index contributed by atoms with van der Waals surface area (Å²) in [6.07, 6.45) is 3.36. The second kappa shape index (κ2) is 7.51. The predicted molar refractivity (Wildman–Crippen MR) is 77.5 cm³/mol. The Labute approximate surface area is 112 Å². The van der Waals surface area contributed by atoms with Crippen LogP contribution in [-0.2, 0) is 0 Å². The van der Waals surface area contributed by atoms with E-state index < -0.39 is 0 Å². The van der Waals surface area contributed by atoms with Crippen LogP contribution in [0.2, 0.25) is 0 Å². The summed E-state index contributed by atoms with van der Waals surface area (Å²) in [6, 6.07) is 6.11. The Kier molecular flexibility index (Phi) is 6.30. The number of ether oxygens (including phenoxy) is 1. The van der Waals surface area contributed by atoms with Crippen molar-refractivity contribution in [3.63, 3.8) is 0 Å². The molecule has 3 heteroatoms. The zero-order chi connectivity index (χ0) is 12.7. The number of halogens is 1. The lowest BCUT2D eigenvalue weighted by Gasteiger charge is -2.06. The molecule has 0 bridgehead atoms. The van der Waals surface area contributed by atoms with Gasteiger partial charge >= 0.3 is 0 Å². The normalized spacial score (nSPS) is 11.6. The molecule has 0 unspecified atom stereocenters. The van der Waals surface area contributed by atoms with Gasteiger partial charge in [0.05, 0.1) is 11.6 Å². The number of nitrogens with one attached hydrogen (secondary N) is 1. The van der Waals surface area contributed by atoms with Crippen LogP contribution in [0.25, 0.3) is 6.08 Å². The van der Waals surface area contributed by atoms with E-state index in [1.807, 2.05) is 6.07 Å². The summed E-state index contributed by atoms with van der Waals surface area (Å²) in [5.41, 5.74) is 2.52. The lowest BCUT2D eigenvalue weighted by atomic mass is 10.1. The van der Waals surface area contributed by atoms with Gasteiger partial charge in [-0.2, -0.15) is 0 Å². The average molecular weight is 298 g/mol. The van der Waals surface area contributed by atoms with Gasteiger partial charge in [0.15, 0.2) is 0 Å². The molecule has 1 rings (SSSR count). The smallest absolute Gasteiger partial charge is 0.133 e. The highest BCUT2D eigenvalue weighted by Crippen LogP contribution is 2.26. The molecule has 0 amide bonds. The molecule has 1 N–H and O–H groups in total. The van der Waals surface area contributed by atoms with E-state index in [1.165, 1.54) is 17.6 Å². The number of hydrogen-bond donors (Lipinski definition) is 1. The Morgan fingerprint density at radius 2 is 2.24 bits per heavy atom. The summed E-state index contributed by atoms with van der Waals surface area (Å²) in [6.45, 7) is 6.32. The lowest BCUT2D eigenvalue weighted by molar-refractivity contribution is 0.412. The second-order valence-electron chi connectivity index (χ2n) is 4.06. The van der Waals surface area contributed by atoms with E-state index in [2.05, 4.69) is 53.3 Å². The largest absolute Gasteiger partial charge is 0.496 e. The summed E-state index contributed by atoms with van der Waals surface area (Å²) in [5.74, 6) is 0.865. The van der Waals surface area contributed by atoms with Crippen molar-refractivity contribution in [2.45, 2.75) is 20.3 Å². The SMILES string of the molecule is CCCNCC(C)=Cc1ccc(OC)c(Br)c1. The highest BCUT2D eigenvalue weighted by atomic mass is 79.9. The molecule has 94 valence electrons. The Morgan fingerprint density at radius 1 is 1.47 bits per heavy atom. The first-order valence-corrected chi connectivity index (χ1v) is 6.68. The molecule has 17 heavy (non-hydrogen) atoms. The van der Waals surface area contributed by atoms with E-state index in [0.29, 0.717) is 0 Å². The molecular weight excluding hydrogens is 278 g/mol. The topological polar surface area (TPSA) is 21.3 Å². The minimum absolute atomic E-state index is 0.865. The number of rotatable bonds is 6. The molecule has 2 nitrogen and oxygen atoms in total. The van der Waals surface area contributed by atoms with Crippen LogP contribution in [0.5, 0.6) is 5.75 Å². The standard InChI is InChI=1S/C14H20BrNO/c1-4-7-16-10-11(2)8-12-5-6-14(17-3)13(15)9-12/h5-6,8-9,16H,4,7,10H2,1-3H3. The van der Waals surface area contributed by atoms with Crippen molar-refractivity contribution in [3.8, 4) is 5.75 Å². The van der Waals surface area contributed by atoms with Crippen LogP contribution in [0.3, 0.4) is 0 Å². The zero-order valence-electron chi connectivity index (χ0n) is 10.7. The van der Waals surface area contributed by atoms with E-state index >= 15 is 0 Å². The highest BCUT2D eigenvalue weighted by Gasteiger charge is 1.99. The Hall–Kier alpha value is -0.800. The molecule has 0 aliphatic carbocycles. The molecule has 0 heterocycles. The Morgan fingerprint density at radius 3 is 2.82 bits per heavy atom. The van der Waals surface area contributed by atoms with Crippen LogP contribution < -0.4 is 10.1 Å². The molecule has 0 radical (unpaired) electrons. The van der Waals surface area contributed by atoms with Crippen LogP contribution in [0, 0.1) is 0 Å². The van der Waals surface area contributed by atoms with Crippen molar-refractivity contribution >= 4 is 22.0 Å². The zero-order valence-corrected chi connectivity index (χ0v) is 12.3. The minimum Gasteiger partial charge on any atom is -0.496 e. The van der Waals surface area contributed by atoms with Gasteiger partial charge in [-0.05, 0) is 53.5 Å². The molecule has 1 aromatic carbocycles. The van der Waals surface area contributed by atoms with Gasteiger partial charge in [-0.25, -0.2) is 0 Å². The van der Waals surface area contributed by atoms with E-state index in [9.17, 15) is 0 Å². The van der Waals surface area contributed by atoms with Gasteiger partial charge in [0.25, 0.3) is 0 Å². The molecule has 0 aliphatic heterocycles. The molecule has 0 aromatic heterocycles. The van der Waals surface area contributed by atoms with Crippen molar-refractivity contribution in [1.29, 1.82) is 0 Å². The molecular formula is C14H20BrNO. The van der Waals surface area contributed by atoms with Crippen molar-refractivity contribution in [3.05, 3.63) is 33.8 Å². The molecule has 0 aliphatic rings. The third-order valence-corrected chi connectivity index (χ3v) is 3.04. The van der Waals surface area contributed by atoms with Crippen LogP contribution in [-0.4, -0.2) is 20.2 Å². The minimum atomic E-state index is 0.865. The van der Waals surface area contributed by atoms with Crippen LogP contribution >= 0.6 is 15.9 Å². The highest BCUT2D eigenvalue weighted by molar-refractivity contribution is 9.10. The summed E-state index contributed by atoms with van der Waals surface area (Å²) in [7, 11) is 1.68. The molecule has 0 fully saturated rings. The van der Waals surface area contributed by atoms with Gasteiger partial charge in [-0.15, -0.1) is 0 Å². The van der Waals surface area contributed by atoms with E-state index in [4.69, 9.17) is 4.74 Å². The van der Waals surface area contributed by atoms with Crippen molar-refractivity contribution in [1.82, 2.24) is 5.32 Å². The van der Waals surface area contributed by atoms with Gasteiger partial charge < -0.3 is 10.1 Å². The first kappa shape index (κ1) is 14.3. The number of benzene rings is 1. The lowest BCUT2D eigenvalue weighted by Crippen LogP contribution is -2.16. The third-order valence-electron chi connectivity index (χ3n) is 2.42. The monoisotopic (exact) mass is 297 g/mol. The first-order chi connectivity index (χ1) is 8.17. The summed E-state index contributed by atoms with van der Waals surface area (Å²) < 4.78 is 6.19. The van der Waals surface area contributed by atoms with Gasteiger partial charge in [0, 0.05) is 6.54 Å². The average Bonchev–Trinajstić information content (AvgIpc) is 2.29. The van der Waals surface area contributed by atoms with Crippen molar-refractivity contribution in [2.75, 3.05) is 20.2 Å². The summed E-state index contributed by atoms with van der Waals surface area (Å²) in [4.78, 5) is 0. The first-order valence-electron chi connectivity index (χ1n) is 5.88. The van der Waals surface area contributed by atoms with Crippen LogP contribution in [0.15, 0.2) is 28.2 Å². The molecule has 0 saturated carbocycles. The molecule has 0 atom stereocenters. The number of methoxy groups -OCH3 is 1. The van der Waals surface area contributed by atoms with Gasteiger partial charge in [-0.1, -0.05) is 24.6 Å². The van der Waals surface area contributed by atoms with E-state index in [-0.39, 0.29) is 0 Å². The maximum absolute atomic E-state index is 5.20. The maximum Gasteiger partial charge on any atom is 0.133 e. The molecule has 0 spiro atoms.